The molecule has 25 heavy (non-hydrogen) atoms. The fraction of sp³-hybridized carbons (Fsp3) is 0.278. The Morgan fingerprint density at radius 3 is 2.72 bits per heavy atom. The predicted molar refractivity (Wildman–Crippen MR) is 90.4 cm³/mol. The summed E-state index contributed by atoms with van der Waals surface area (Å²) in [6, 6.07) is 7.13. The van der Waals surface area contributed by atoms with Crippen LogP contribution in [0.1, 0.15) is 41.6 Å². The van der Waals surface area contributed by atoms with Crippen molar-refractivity contribution in [2.24, 2.45) is 0 Å². The first-order valence-electron chi connectivity index (χ1n) is 8.05. The van der Waals surface area contributed by atoms with E-state index < -0.39 is 0 Å². The molecular formula is C18H19FN4O2. The molecule has 0 bridgehead atoms. The lowest BCUT2D eigenvalue weighted by Crippen LogP contribution is -2.27. The summed E-state index contributed by atoms with van der Waals surface area (Å²) < 4.78 is 20.1. The smallest absolute Gasteiger partial charge is 0.273 e. The molecule has 0 fully saturated rings. The molecule has 1 N–H and O–H groups in total. The van der Waals surface area contributed by atoms with Gasteiger partial charge >= 0.3 is 0 Å². The molecule has 0 aliphatic rings. The highest BCUT2D eigenvalue weighted by Crippen LogP contribution is 2.22. The van der Waals surface area contributed by atoms with Gasteiger partial charge in [0.1, 0.15) is 5.82 Å². The van der Waals surface area contributed by atoms with Crippen LogP contribution < -0.4 is 5.32 Å². The average molecular weight is 342 g/mol. The average Bonchev–Trinajstić information content (AvgIpc) is 3.22. The molecule has 0 aliphatic carbocycles. The van der Waals surface area contributed by atoms with Gasteiger partial charge in [-0.3, -0.25) is 9.48 Å². The van der Waals surface area contributed by atoms with Crippen LogP contribution in [0.5, 0.6) is 0 Å². The second-order valence-electron chi connectivity index (χ2n) is 5.78. The third-order valence-electron chi connectivity index (χ3n) is 4.13. The van der Waals surface area contributed by atoms with Gasteiger partial charge in [0.2, 0.25) is 0 Å². The van der Waals surface area contributed by atoms with Gasteiger partial charge in [0.25, 0.3) is 5.91 Å². The topological polar surface area (TPSA) is 73.0 Å². The van der Waals surface area contributed by atoms with E-state index in [9.17, 15) is 9.18 Å². The van der Waals surface area contributed by atoms with Gasteiger partial charge in [-0.15, -0.1) is 0 Å². The van der Waals surface area contributed by atoms with Crippen molar-refractivity contribution in [3.63, 3.8) is 0 Å². The van der Waals surface area contributed by atoms with Crippen LogP contribution in [-0.2, 0) is 6.54 Å². The molecule has 2 heterocycles. The zero-order valence-electron chi connectivity index (χ0n) is 14.3. The van der Waals surface area contributed by atoms with Gasteiger partial charge in [0, 0.05) is 29.4 Å². The Morgan fingerprint density at radius 1 is 1.36 bits per heavy atom. The molecule has 0 aliphatic heterocycles. The molecule has 0 saturated heterocycles. The molecule has 3 rings (SSSR count). The van der Waals surface area contributed by atoms with E-state index in [0.29, 0.717) is 11.3 Å². The maximum absolute atomic E-state index is 13.0. The highest BCUT2D eigenvalue weighted by molar-refractivity contribution is 5.93. The Bertz CT molecular complexity index is 883. The van der Waals surface area contributed by atoms with Crippen LogP contribution in [0.4, 0.5) is 4.39 Å². The van der Waals surface area contributed by atoms with Crippen molar-refractivity contribution in [3.05, 3.63) is 59.3 Å². The number of aromatic nitrogens is 3. The van der Waals surface area contributed by atoms with Crippen LogP contribution in [0.3, 0.4) is 0 Å². The summed E-state index contributed by atoms with van der Waals surface area (Å²) in [4.78, 5) is 12.4. The second-order valence-corrected chi connectivity index (χ2v) is 5.78. The zero-order valence-corrected chi connectivity index (χ0v) is 14.3. The number of amides is 1. The Labute approximate surface area is 144 Å². The molecule has 2 aromatic heterocycles. The first-order chi connectivity index (χ1) is 12.0. The Balaban J connectivity index is 1.73. The molecule has 1 aromatic carbocycles. The molecule has 7 heteroatoms. The number of carbonyl (C=O) groups excluding carboxylic acids is 1. The minimum atomic E-state index is -0.340. The lowest BCUT2D eigenvalue weighted by atomic mass is 10.1. The zero-order chi connectivity index (χ0) is 18.0. The molecule has 3 aromatic rings. The minimum absolute atomic E-state index is 0.173. The molecule has 1 atom stereocenters. The first kappa shape index (κ1) is 16.9. The van der Waals surface area contributed by atoms with E-state index in [2.05, 4.69) is 15.6 Å². The van der Waals surface area contributed by atoms with E-state index in [0.717, 1.165) is 17.8 Å². The normalized spacial score (nSPS) is 12.2. The van der Waals surface area contributed by atoms with E-state index in [1.54, 1.807) is 18.3 Å². The lowest BCUT2D eigenvalue weighted by Gasteiger charge is -2.12. The third-order valence-corrected chi connectivity index (χ3v) is 4.13. The minimum Gasteiger partial charge on any atom is -0.355 e. The largest absolute Gasteiger partial charge is 0.355 e. The number of hydrogen-bond donors (Lipinski definition) is 1. The van der Waals surface area contributed by atoms with Gasteiger partial charge in [0.15, 0.2) is 11.5 Å². The van der Waals surface area contributed by atoms with E-state index in [1.807, 2.05) is 25.5 Å². The first-order valence-corrected chi connectivity index (χ1v) is 8.05. The number of halogens is 1. The van der Waals surface area contributed by atoms with Crippen molar-refractivity contribution in [2.75, 3.05) is 0 Å². The molecule has 1 amide bonds. The van der Waals surface area contributed by atoms with Crippen molar-refractivity contribution >= 4 is 5.91 Å². The number of benzene rings is 1. The fourth-order valence-corrected chi connectivity index (χ4v) is 2.69. The number of hydrogen-bond acceptors (Lipinski definition) is 4. The van der Waals surface area contributed by atoms with Gasteiger partial charge in [-0.2, -0.15) is 5.10 Å². The third kappa shape index (κ3) is 3.45. The lowest BCUT2D eigenvalue weighted by molar-refractivity contribution is 0.0930. The maximum Gasteiger partial charge on any atom is 0.273 e. The summed E-state index contributed by atoms with van der Waals surface area (Å²) in [6.07, 6.45) is 1.76. The van der Waals surface area contributed by atoms with E-state index in [4.69, 9.17) is 4.52 Å². The highest BCUT2D eigenvalue weighted by Gasteiger charge is 2.19. The highest BCUT2D eigenvalue weighted by atomic mass is 19.1. The number of nitrogens with one attached hydrogen (secondary N) is 1. The van der Waals surface area contributed by atoms with Crippen molar-refractivity contribution in [2.45, 2.75) is 33.4 Å². The molecule has 0 radical (unpaired) electrons. The summed E-state index contributed by atoms with van der Waals surface area (Å²) >= 11 is 0. The number of carbonyl (C=O) groups is 1. The van der Waals surface area contributed by atoms with Crippen molar-refractivity contribution in [1.82, 2.24) is 20.3 Å². The Morgan fingerprint density at radius 2 is 2.08 bits per heavy atom. The monoisotopic (exact) mass is 342 g/mol. The van der Waals surface area contributed by atoms with Crippen LogP contribution in [0, 0.1) is 12.7 Å². The van der Waals surface area contributed by atoms with Crippen molar-refractivity contribution in [1.29, 1.82) is 0 Å². The molecule has 6 nitrogen and oxygen atoms in total. The Kier molecular flexibility index (Phi) is 4.65. The summed E-state index contributed by atoms with van der Waals surface area (Å²) in [5, 5.41) is 11.0. The summed E-state index contributed by atoms with van der Waals surface area (Å²) in [5.41, 5.74) is 2.80. The molecule has 1 unspecified atom stereocenters. The van der Waals surface area contributed by atoms with E-state index >= 15 is 0 Å². The quantitative estimate of drug-likeness (QED) is 0.770. The maximum atomic E-state index is 13.0. The fourth-order valence-electron chi connectivity index (χ4n) is 2.69. The van der Waals surface area contributed by atoms with Crippen molar-refractivity contribution < 1.29 is 13.7 Å². The van der Waals surface area contributed by atoms with E-state index in [-0.39, 0.29) is 23.5 Å². The standard InChI is InChI=1S/C18H19FN4O2/c1-4-23-12(3)15(10-20-23)11(2)21-18(24)16-9-17(25-22-16)13-5-7-14(19)8-6-13/h5-11H,4H2,1-3H3,(H,21,24). The molecular weight excluding hydrogens is 323 g/mol. The van der Waals surface area contributed by atoms with Crippen LogP contribution >= 0.6 is 0 Å². The van der Waals surface area contributed by atoms with Crippen molar-refractivity contribution in [3.8, 4) is 11.3 Å². The van der Waals surface area contributed by atoms with Gasteiger partial charge in [-0.05, 0) is 45.0 Å². The van der Waals surface area contributed by atoms with Gasteiger partial charge in [0.05, 0.1) is 12.2 Å². The number of nitrogens with zero attached hydrogens (tertiary/aromatic N) is 3. The number of rotatable bonds is 5. The summed E-state index contributed by atoms with van der Waals surface area (Å²) in [5.74, 6) is -0.265. The van der Waals surface area contributed by atoms with Crippen LogP contribution in [0.15, 0.2) is 41.1 Å². The van der Waals surface area contributed by atoms with Crippen LogP contribution in [0.25, 0.3) is 11.3 Å². The van der Waals surface area contributed by atoms with E-state index in [1.165, 1.54) is 18.2 Å². The van der Waals surface area contributed by atoms with Gasteiger partial charge in [-0.25, -0.2) is 4.39 Å². The summed E-state index contributed by atoms with van der Waals surface area (Å²) in [6.45, 7) is 6.65. The SMILES string of the molecule is CCn1ncc(C(C)NC(=O)c2cc(-c3ccc(F)cc3)on2)c1C. The predicted octanol–water partition coefficient (Wildman–Crippen LogP) is 3.50. The second kappa shape index (κ2) is 6.88. The van der Waals surface area contributed by atoms with Crippen LogP contribution in [0.2, 0.25) is 0 Å². The van der Waals surface area contributed by atoms with Gasteiger partial charge < -0.3 is 9.84 Å². The molecule has 0 saturated carbocycles. The van der Waals surface area contributed by atoms with Crippen LogP contribution in [-0.4, -0.2) is 20.8 Å². The molecule has 0 spiro atoms. The number of aryl methyl sites for hydroxylation is 1. The molecule has 130 valence electrons. The summed E-state index contributed by atoms with van der Waals surface area (Å²) in [7, 11) is 0. The van der Waals surface area contributed by atoms with Gasteiger partial charge in [-0.1, -0.05) is 5.16 Å². The Hall–Kier alpha value is -2.96.